The summed E-state index contributed by atoms with van der Waals surface area (Å²) in [6.07, 6.45) is 2.36. The second-order valence-corrected chi connectivity index (χ2v) is 11.1. The number of carbonyl (C=O) groups excluding carboxylic acids is 1. The predicted octanol–water partition coefficient (Wildman–Crippen LogP) is 3.97. The highest BCUT2D eigenvalue weighted by Gasteiger charge is 2.35. The van der Waals surface area contributed by atoms with Gasteiger partial charge < -0.3 is 9.47 Å². The molecule has 9 heteroatoms. The molecule has 1 amide bonds. The molecule has 0 fully saturated rings. The lowest BCUT2D eigenvalue weighted by molar-refractivity contribution is 0.0689. The van der Waals surface area contributed by atoms with E-state index in [4.69, 9.17) is 0 Å². The SMILES string of the molecule is CCN(CC)S(=O)(=O)c1cc(C(=O)N2CCc3sccc3C2c2cccs2)n(C)c1. The molecule has 0 spiro atoms. The zero-order valence-corrected chi connectivity index (χ0v) is 19.7. The molecule has 0 aromatic carbocycles. The van der Waals surface area contributed by atoms with Crippen LogP contribution in [0.3, 0.4) is 0 Å². The average molecular weight is 464 g/mol. The van der Waals surface area contributed by atoms with Crippen LogP contribution in [-0.2, 0) is 23.5 Å². The van der Waals surface area contributed by atoms with Crippen molar-refractivity contribution in [3.63, 3.8) is 0 Å². The van der Waals surface area contributed by atoms with Gasteiger partial charge in [0.25, 0.3) is 5.91 Å². The molecule has 1 aliphatic heterocycles. The highest BCUT2D eigenvalue weighted by molar-refractivity contribution is 7.89. The number of hydrogen-bond acceptors (Lipinski definition) is 5. The second-order valence-electron chi connectivity index (χ2n) is 7.23. The first kappa shape index (κ1) is 21.3. The number of thiophene rings is 2. The summed E-state index contributed by atoms with van der Waals surface area (Å²) in [5.41, 5.74) is 1.56. The van der Waals surface area contributed by atoms with Gasteiger partial charge in [-0.3, -0.25) is 4.79 Å². The number of aryl methyl sites for hydroxylation is 1. The van der Waals surface area contributed by atoms with Crippen LogP contribution < -0.4 is 0 Å². The minimum absolute atomic E-state index is 0.134. The van der Waals surface area contributed by atoms with E-state index < -0.39 is 10.0 Å². The van der Waals surface area contributed by atoms with Gasteiger partial charge in [-0.1, -0.05) is 19.9 Å². The maximum Gasteiger partial charge on any atom is 0.271 e. The maximum absolute atomic E-state index is 13.6. The van der Waals surface area contributed by atoms with Crippen LogP contribution in [0.2, 0.25) is 0 Å². The third kappa shape index (κ3) is 3.53. The van der Waals surface area contributed by atoms with E-state index in [1.165, 1.54) is 20.8 Å². The quantitative estimate of drug-likeness (QED) is 0.556. The van der Waals surface area contributed by atoms with Crippen LogP contribution in [-0.4, -0.2) is 47.7 Å². The first-order valence-electron chi connectivity index (χ1n) is 9.95. The third-order valence-electron chi connectivity index (χ3n) is 5.58. The molecule has 3 aromatic rings. The van der Waals surface area contributed by atoms with Crippen molar-refractivity contribution in [3.05, 3.63) is 62.2 Å². The van der Waals surface area contributed by atoms with Gasteiger partial charge in [0, 0.05) is 42.6 Å². The van der Waals surface area contributed by atoms with E-state index in [1.807, 2.05) is 30.2 Å². The maximum atomic E-state index is 13.6. The summed E-state index contributed by atoms with van der Waals surface area (Å²) in [5.74, 6) is -0.145. The molecule has 4 rings (SSSR count). The van der Waals surface area contributed by atoms with E-state index in [1.54, 1.807) is 40.5 Å². The summed E-state index contributed by atoms with van der Waals surface area (Å²) in [6.45, 7) is 5.02. The number of hydrogen-bond donors (Lipinski definition) is 0. The molecule has 0 saturated heterocycles. The van der Waals surface area contributed by atoms with E-state index in [0.717, 1.165) is 11.3 Å². The summed E-state index contributed by atoms with van der Waals surface area (Å²) in [7, 11) is -1.89. The third-order valence-corrected chi connectivity index (χ3v) is 9.52. The van der Waals surface area contributed by atoms with Gasteiger partial charge in [0.05, 0.1) is 6.04 Å². The van der Waals surface area contributed by atoms with E-state index in [0.29, 0.717) is 25.3 Å². The Morgan fingerprint density at radius 2 is 1.97 bits per heavy atom. The highest BCUT2D eigenvalue weighted by atomic mass is 32.2. The van der Waals surface area contributed by atoms with E-state index in [9.17, 15) is 13.2 Å². The van der Waals surface area contributed by atoms with Crippen molar-refractivity contribution in [1.82, 2.24) is 13.8 Å². The van der Waals surface area contributed by atoms with Gasteiger partial charge in [-0.15, -0.1) is 22.7 Å². The summed E-state index contributed by atoms with van der Waals surface area (Å²) in [4.78, 5) is 18.1. The number of nitrogens with zero attached hydrogens (tertiary/aromatic N) is 3. The molecule has 1 atom stereocenters. The molecular formula is C21H25N3O3S3. The van der Waals surface area contributed by atoms with Crippen molar-refractivity contribution in [3.8, 4) is 0 Å². The molecule has 0 bridgehead atoms. The molecule has 0 N–H and O–H groups in total. The fourth-order valence-electron chi connectivity index (χ4n) is 4.04. The molecule has 1 aliphatic rings. The van der Waals surface area contributed by atoms with Crippen molar-refractivity contribution < 1.29 is 13.2 Å². The molecule has 30 heavy (non-hydrogen) atoms. The van der Waals surface area contributed by atoms with E-state index in [2.05, 4.69) is 17.5 Å². The van der Waals surface area contributed by atoms with Gasteiger partial charge in [0.15, 0.2) is 0 Å². The highest BCUT2D eigenvalue weighted by Crippen LogP contribution is 2.40. The molecule has 0 saturated carbocycles. The largest absolute Gasteiger partial charge is 0.345 e. The number of fused-ring (bicyclic) bond motifs is 1. The Hall–Kier alpha value is -1.94. The minimum Gasteiger partial charge on any atom is -0.345 e. The lowest BCUT2D eigenvalue weighted by Gasteiger charge is -2.35. The Balaban J connectivity index is 1.72. The van der Waals surface area contributed by atoms with Crippen molar-refractivity contribution in [1.29, 1.82) is 0 Å². The summed E-state index contributed by atoms with van der Waals surface area (Å²) >= 11 is 3.37. The first-order chi connectivity index (χ1) is 14.4. The second kappa shape index (κ2) is 8.30. The molecule has 160 valence electrons. The lowest BCUT2D eigenvalue weighted by Crippen LogP contribution is -2.40. The van der Waals surface area contributed by atoms with Gasteiger partial charge in [0.1, 0.15) is 10.6 Å². The van der Waals surface area contributed by atoms with Crippen molar-refractivity contribution >= 4 is 38.6 Å². The van der Waals surface area contributed by atoms with Crippen LogP contribution in [0.15, 0.2) is 46.1 Å². The number of aromatic nitrogens is 1. The standard InChI is InChI=1S/C21H25N3O3S3/c1-4-23(5-2)30(26,27)15-13-17(22(3)14-15)21(25)24-10-8-18-16(9-12-29-18)20(24)19-7-6-11-28-19/h6-7,9,11-14,20H,4-5,8,10H2,1-3H3. The topological polar surface area (TPSA) is 62.6 Å². The molecule has 3 aromatic heterocycles. The molecule has 6 nitrogen and oxygen atoms in total. The fraction of sp³-hybridized carbons (Fsp3) is 0.381. The summed E-state index contributed by atoms with van der Waals surface area (Å²) in [5, 5.41) is 4.10. The van der Waals surface area contributed by atoms with Crippen LogP contribution in [0.5, 0.6) is 0 Å². The molecule has 0 aliphatic carbocycles. The van der Waals surface area contributed by atoms with Crippen LogP contribution in [0, 0.1) is 0 Å². The Morgan fingerprint density at radius 3 is 2.63 bits per heavy atom. The lowest BCUT2D eigenvalue weighted by atomic mass is 9.98. The van der Waals surface area contributed by atoms with Crippen LogP contribution >= 0.6 is 22.7 Å². The zero-order chi connectivity index (χ0) is 21.5. The Morgan fingerprint density at radius 1 is 1.20 bits per heavy atom. The normalized spacial score (nSPS) is 16.8. The Labute approximate surface area is 185 Å². The number of rotatable bonds is 6. The van der Waals surface area contributed by atoms with Crippen molar-refractivity contribution in [2.75, 3.05) is 19.6 Å². The van der Waals surface area contributed by atoms with Gasteiger partial charge in [-0.25, -0.2) is 8.42 Å². The molecule has 1 unspecified atom stereocenters. The number of carbonyl (C=O) groups is 1. The van der Waals surface area contributed by atoms with Gasteiger partial charge in [0.2, 0.25) is 10.0 Å². The molecular weight excluding hydrogens is 438 g/mol. The summed E-state index contributed by atoms with van der Waals surface area (Å²) in [6, 6.07) is 7.55. The number of sulfonamides is 1. The smallest absolute Gasteiger partial charge is 0.271 e. The monoisotopic (exact) mass is 463 g/mol. The van der Waals surface area contributed by atoms with Crippen LogP contribution in [0.25, 0.3) is 0 Å². The zero-order valence-electron chi connectivity index (χ0n) is 17.2. The van der Waals surface area contributed by atoms with E-state index in [-0.39, 0.29) is 16.8 Å². The summed E-state index contributed by atoms with van der Waals surface area (Å²) < 4.78 is 28.9. The molecule has 0 radical (unpaired) electrons. The van der Waals surface area contributed by atoms with Crippen molar-refractivity contribution in [2.45, 2.75) is 31.2 Å². The number of amides is 1. The van der Waals surface area contributed by atoms with Crippen molar-refractivity contribution in [2.24, 2.45) is 7.05 Å². The van der Waals surface area contributed by atoms with Gasteiger partial charge >= 0.3 is 0 Å². The average Bonchev–Trinajstić information content (AvgIpc) is 3.48. The van der Waals surface area contributed by atoms with Gasteiger partial charge in [-0.2, -0.15) is 4.31 Å². The minimum atomic E-state index is -3.62. The Kier molecular flexibility index (Phi) is 5.89. The van der Waals surface area contributed by atoms with Gasteiger partial charge in [-0.05, 0) is 40.9 Å². The predicted molar refractivity (Wildman–Crippen MR) is 121 cm³/mol. The first-order valence-corrected chi connectivity index (χ1v) is 13.2. The fourth-order valence-corrected chi connectivity index (χ4v) is 7.32. The van der Waals surface area contributed by atoms with Crippen LogP contribution in [0.4, 0.5) is 0 Å². The molecule has 4 heterocycles. The van der Waals surface area contributed by atoms with E-state index >= 15 is 0 Å². The Bertz CT molecular complexity index is 1140. The van der Waals surface area contributed by atoms with Crippen LogP contribution in [0.1, 0.15) is 45.7 Å².